The fourth-order valence-electron chi connectivity index (χ4n) is 4.72. The van der Waals surface area contributed by atoms with E-state index in [1.165, 1.54) is 5.57 Å². The van der Waals surface area contributed by atoms with Crippen molar-refractivity contribution in [2.24, 2.45) is 5.41 Å². The van der Waals surface area contributed by atoms with Crippen LogP contribution in [0.1, 0.15) is 61.3 Å². The minimum Gasteiger partial charge on any atom is -0.494 e. The van der Waals surface area contributed by atoms with Gasteiger partial charge in [0.25, 0.3) is 5.91 Å². The van der Waals surface area contributed by atoms with Gasteiger partial charge in [0, 0.05) is 32.7 Å². The summed E-state index contributed by atoms with van der Waals surface area (Å²) >= 11 is 0. The van der Waals surface area contributed by atoms with Crippen molar-refractivity contribution < 1.29 is 14.3 Å². The standard InChI is InChI=1S/C24H33N3O3/c1-4-20-22-21(15-24(16-25-23(22)28)8-12-29-13-9-24)27(26-20)10-5-11-30-18(3)19-7-6-17(2)14-19/h6,14H,3-5,7-13,15-16H2,1-2H3,(H,25,28). The number of nitrogens with one attached hydrogen (secondary N) is 1. The lowest BCUT2D eigenvalue weighted by Gasteiger charge is -2.36. The number of rotatable bonds is 7. The van der Waals surface area contributed by atoms with Crippen molar-refractivity contribution in [3.8, 4) is 0 Å². The van der Waals surface area contributed by atoms with Crippen molar-refractivity contribution in [3.05, 3.63) is 52.6 Å². The van der Waals surface area contributed by atoms with Gasteiger partial charge in [-0.3, -0.25) is 9.48 Å². The normalized spacial score (nSPS) is 20.3. The molecule has 6 nitrogen and oxygen atoms in total. The number of allylic oxidation sites excluding steroid dienone is 4. The molecular weight excluding hydrogens is 378 g/mol. The van der Waals surface area contributed by atoms with Crippen LogP contribution in [-0.2, 0) is 28.9 Å². The zero-order chi connectivity index (χ0) is 21.1. The molecule has 1 aromatic rings. The van der Waals surface area contributed by atoms with Crippen molar-refractivity contribution in [2.45, 2.75) is 58.9 Å². The first kappa shape index (κ1) is 20.9. The number of nitrogens with zero attached hydrogens (tertiary/aromatic N) is 2. The van der Waals surface area contributed by atoms with E-state index in [4.69, 9.17) is 14.6 Å². The molecule has 0 aromatic carbocycles. The summed E-state index contributed by atoms with van der Waals surface area (Å²) in [5.74, 6) is 0.786. The molecule has 1 amide bonds. The molecule has 0 atom stereocenters. The zero-order valence-electron chi connectivity index (χ0n) is 18.3. The number of carbonyl (C=O) groups is 1. The maximum atomic E-state index is 12.9. The molecular formula is C24H33N3O3. The van der Waals surface area contributed by atoms with E-state index in [0.717, 1.165) is 93.1 Å². The summed E-state index contributed by atoms with van der Waals surface area (Å²) in [6, 6.07) is 0. The van der Waals surface area contributed by atoms with Crippen molar-refractivity contribution in [1.82, 2.24) is 15.1 Å². The molecule has 1 aliphatic carbocycles. The predicted molar refractivity (Wildman–Crippen MR) is 116 cm³/mol. The summed E-state index contributed by atoms with van der Waals surface area (Å²) in [5.41, 5.74) is 5.28. The van der Waals surface area contributed by atoms with E-state index in [0.29, 0.717) is 6.61 Å². The average molecular weight is 412 g/mol. The van der Waals surface area contributed by atoms with Gasteiger partial charge in [-0.05, 0) is 50.0 Å². The van der Waals surface area contributed by atoms with Gasteiger partial charge in [0.15, 0.2) is 0 Å². The monoisotopic (exact) mass is 411 g/mol. The van der Waals surface area contributed by atoms with Crippen molar-refractivity contribution in [3.63, 3.8) is 0 Å². The molecule has 1 fully saturated rings. The number of carbonyl (C=O) groups excluding carboxylic acids is 1. The molecule has 162 valence electrons. The molecule has 30 heavy (non-hydrogen) atoms. The third-order valence-electron chi connectivity index (χ3n) is 6.61. The highest BCUT2D eigenvalue weighted by molar-refractivity contribution is 5.97. The highest BCUT2D eigenvalue weighted by atomic mass is 16.5. The SMILES string of the molecule is C=C(OCCCn1nc(CC)c2c1CC1(CCOCC1)CNC2=O)C1=CC(C)=CC1. The van der Waals surface area contributed by atoms with Gasteiger partial charge in [0.1, 0.15) is 5.76 Å². The van der Waals surface area contributed by atoms with Crippen LogP contribution in [0.2, 0.25) is 0 Å². The number of hydrogen-bond donors (Lipinski definition) is 1. The Morgan fingerprint density at radius 2 is 2.20 bits per heavy atom. The predicted octanol–water partition coefficient (Wildman–Crippen LogP) is 3.73. The van der Waals surface area contributed by atoms with Crippen LogP contribution >= 0.6 is 0 Å². The zero-order valence-corrected chi connectivity index (χ0v) is 18.3. The largest absolute Gasteiger partial charge is 0.494 e. The Morgan fingerprint density at radius 3 is 2.90 bits per heavy atom. The quantitative estimate of drug-likeness (QED) is 0.549. The molecule has 3 heterocycles. The van der Waals surface area contributed by atoms with E-state index >= 15 is 0 Å². The summed E-state index contributed by atoms with van der Waals surface area (Å²) < 4.78 is 13.5. The molecule has 2 aliphatic heterocycles. The third-order valence-corrected chi connectivity index (χ3v) is 6.61. The van der Waals surface area contributed by atoms with Gasteiger partial charge in [-0.1, -0.05) is 31.2 Å². The Bertz CT molecular complexity index is 888. The van der Waals surface area contributed by atoms with Gasteiger partial charge in [-0.25, -0.2) is 0 Å². The van der Waals surface area contributed by atoms with Gasteiger partial charge in [-0.2, -0.15) is 5.10 Å². The fourth-order valence-corrected chi connectivity index (χ4v) is 4.72. The van der Waals surface area contributed by atoms with Crippen LogP contribution in [0.25, 0.3) is 0 Å². The summed E-state index contributed by atoms with van der Waals surface area (Å²) in [6.07, 6.45) is 9.64. The smallest absolute Gasteiger partial charge is 0.255 e. The lowest BCUT2D eigenvalue weighted by atomic mass is 9.76. The van der Waals surface area contributed by atoms with Crippen molar-refractivity contribution in [1.29, 1.82) is 0 Å². The minimum absolute atomic E-state index is 0.0251. The van der Waals surface area contributed by atoms with Crippen LogP contribution in [0, 0.1) is 5.41 Å². The average Bonchev–Trinajstić information content (AvgIpc) is 3.30. The van der Waals surface area contributed by atoms with Gasteiger partial charge >= 0.3 is 0 Å². The van der Waals surface area contributed by atoms with Gasteiger partial charge in [0.2, 0.25) is 0 Å². The van der Waals surface area contributed by atoms with E-state index in [9.17, 15) is 4.79 Å². The maximum Gasteiger partial charge on any atom is 0.255 e. The first-order valence-electron chi connectivity index (χ1n) is 11.2. The lowest BCUT2D eigenvalue weighted by molar-refractivity contribution is 0.0152. The highest BCUT2D eigenvalue weighted by Crippen LogP contribution is 2.37. The Morgan fingerprint density at radius 1 is 1.40 bits per heavy atom. The van der Waals surface area contributed by atoms with E-state index in [-0.39, 0.29) is 11.3 Å². The molecule has 0 saturated carbocycles. The molecule has 0 radical (unpaired) electrons. The van der Waals surface area contributed by atoms with Crippen LogP contribution < -0.4 is 5.32 Å². The Balaban J connectivity index is 1.44. The second-order valence-electron chi connectivity index (χ2n) is 8.76. The van der Waals surface area contributed by atoms with Crippen molar-refractivity contribution >= 4 is 5.91 Å². The van der Waals surface area contributed by atoms with Crippen LogP contribution in [0.4, 0.5) is 0 Å². The van der Waals surface area contributed by atoms with E-state index in [2.05, 4.69) is 42.6 Å². The second-order valence-corrected chi connectivity index (χ2v) is 8.76. The van der Waals surface area contributed by atoms with Crippen LogP contribution in [0.5, 0.6) is 0 Å². The van der Waals surface area contributed by atoms with Gasteiger partial charge < -0.3 is 14.8 Å². The molecule has 6 heteroatoms. The van der Waals surface area contributed by atoms with Crippen LogP contribution in [0.3, 0.4) is 0 Å². The highest BCUT2D eigenvalue weighted by Gasteiger charge is 2.39. The summed E-state index contributed by atoms with van der Waals surface area (Å²) in [4.78, 5) is 12.9. The maximum absolute atomic E-state index is 12.9. The summed E-state index contributed by atoms with van der Waals surface area (Å²) in [7, 11) is 0. The molecule has 1 saturated heterocycles. The number of fused-ring (bicyclic) bond motifs is 1. The first-order chi connectivity index (χ1) is 14.5. The Hall–Kier alpha value is -2.34. The van der Waals surface area contributed by atoms with E-state index in [1.54, 1.807) is 0 Å². The van der Waals surface area contributed by atoms with E-state index < -0.39 is 0 Å². The van der Waals surface area contributed by atoms with E-state index in [1.807, 2.05) is 0 Å². The molecule has 0 bridgehead atoms. The summed E-state index contributed by atoms with van der Waals surface area (Å²) in [6.45, 7) is 11.8. The fraction of sp³-hybridized carbons (Fsp3) is 0.583. The minimum atomic E-state index is 0.0251. The van der Waals surface area contributed by atoms with Crippen LogP contribution in [0.15, 0.2) is 35.6 Å². The topological polar surface area (TPSA) is 65.4 Å². The molecule has 1 N–H and O–H groups in total. The Kier molecular flexibility index (Phi) is 6.14. The van der Waals surface area contributed by atoms with Crippen molar-refractivity contribution in [2.75, 3.05) is 26.4 Å². The number of hydrogen-bond acceptors (Lipinski definition) is 4. The molecule has 0 unspecified atom stereocenters. The van der Waals surface area contributed by atoms with Gasteiger partial charge in [0.05, 0.1) is 23.6 Å². The number of amides is 1. The number of aryl methyl sites for hydroxylation is 2. The molecule has 1 spiro atoms. The summed E-state index contributed by atoms with van der Waals surface area (Å²) in [5, 5.41) is 7.98. The Labute approximate surface area is 179 Å². The molecule has 4 rings (SSSR count). The third kappa shape index (κ3) is 4.24. The number of aromatic nitrogens is 2. The second kappa shape index (κ2) is 8.80. The first-order valence-corrected chi connectivity index (χ1v) is 11.2. The van der Waals surface area contributed by atoms with Crippen LogP contribution in [-0.4, -0.2) is 42.1 Å². The lowest BCUT2D eigenvalue weighted by Crippen LogP contribution is -2.40. The number of ether oxygens (including phenoxy) is 2. The van der Waals surface area contributed by atoms with Gasteiger partial charge in [-0.15, -0.1) is 0 Å². The molecule has 3 aliphatic rings. The molecule has 1 aromatic heterocycles.